The van der Waals surface area contributed by atoms with E-state index in [9.17, 15) is 34.5 Å². The predicted molar refractivity (Wildman–Crippen MR) is 202 cm³/mol. The van der Waals surface area contributed by atoms with E-state index >= 15 is 0 Å². The highest BCUT2D eigenvalue weighted by Crippen LogP contribution is 2.38. The molecule has 54 heavy (non-hydrogen) atoms. The van der Waals surface area contributed by atoms with Crippen LogP contribution in [0.5, 0.6) is 0 Å². The monoisotopic (exact) mass is 761 g/mol. The van der Waals surface area contributed by atoms with Crippen molar-refractivity contribution in [3.8, 4) is 0 Å². The Kier molecular flexibility index (Phi) is 16.0. The Morgan fingerprint density at radius 2 is 1.65 bits per heavy atom. The molecule has 2 bridgehead atoms. The molecule has 1 saturated carbocycles. The van der Waals surface area contributed by atoms with Gasteiger partial charge in [0.15, 0.2) is 0 Å². The molecule has 3 fully saturated rings. The predicted octanol–water partition coefficient (Wildman–Crippen LogP) is 4.85. The van der Waals surface area contributed by atoms with Gasteiger partial charge in [0.25, 0.3) is 11.7 Å². The minimum absolute atomic E-state index is 0.0123. The van der Waals surface area contributed by atoms with E-state index in [0.717, 1.165) is 5.57 Å². The van der Waals surface area contributed by atoms with Gasteiger partial charge in [-0.25, -0.2) is 4.79 Å². The molecule has 12 nitrogen and oxygen atoms in total. The Balaban J connectivity index is 1.74. The molecular formula is C42H67NO11. The Morgan fingerprint density at radius 1 is 0.944 bits per heavy atom. The molecule has 4 rings (SSSR count). The molecule has 0 aromatic carbocycles. The Hall–Kier alpha value is -2.48. The number of methoxy groups -OCH3 is 2. The van der Waals surface area contributed by atoms with Crippen molar-refractivity contribution in [2.45, 2.75) is 167 Å². The quantitative estimate of drug-likeness (QED) is 0.199. The normalized spacial score (nSPS) is 41.3. The highest BCUT2D eigenvalue weighted by atomic mass is 16.7. The molecule has 4 aliphatic rings. The van der Waals surface area contributed by atoms with Crippen LogP contribution in [0.4, 0.5) is 0 Å². The van der Waals surface area contributed by atoms with Gasteiger partial charge < -0.3 is 39.2 Å². The largest absolute Gasteiger partial charge is 0.456 e. The van der Waals surface area contributed by atoms with Gasteiger partial charge >= 0.3 is 5.97 Å². The Labute approximate surface area is 322 Å². The zero-order chi connectivity index (χ0) is 39.9. The number of hydrogen-bond donors (Lipinski definition) is 3. The second kappa shape index (κ2) is 19.6. The molecule has 0 unspecified atom stereocenters. The fourth-order valence-corrected chi connectivity index (χ4v) is 9.12. The smallest absolute Gasteiger partial charge is 0.329 e. The van der Waals surface area contributed by atoms with Gasteiger partial charge in [-0.1, -0.05) is 45.4 Å². The standard InChI is InChI=1S/C42H67NO11/c1-9-30-19-24(2)18-25(3)20-37(52-8)35-16-13-27(5)42(50,54-35)39(47)40(48)43-17-11-10-12-31(43)41(49)53-38(28(6)33(45)23-34(30)46)26(4)21-29-14-15-32(44)36(22-29)51-7/h19,21,25,27-33,35-38,44-45,50H,9-18,20,22-23H2,1-8H3/b24-19-,26-21+/t25-,27+,28+,29-,30+,31-,32+,33-,35-,36+,37-,38+,42+/m0/s1. The number of carbonyl (C=O) groups is 4. The first-order valence-electron chi connectivity index (χ1n) is 20.3. The topological polar surface area (TPSA) is 169 Å². The molecule has 0 aromatic heterocycles. The van der Waals surface area contributed by atoms with E-state index in [1.807, 2.05) is 32.9 Å². The van der Waals surface area contributed by atoms with Gasteiger partial charge in [0.05, 0.1) is 30.5 Å². The molecule has 2 saturated heterocycles. The van der Waals surface area contributed by atoms with E-state index in [4.69, 9.17) is 18.9 Å². The number of nitrogens with zero attached hydrogens (tertiary/aromatic N) is 1. The zero-order valence-electron chi connectivity index (χ0n) is 33.8. The van der Waals surface area contributed by atoms with E-state index < -0.39 is 77.8 Å². The van der Waals surface area contributed by atoms with Crippen molar-refractivity contribution in [3.05, 3.63) is 23.3 Å². The number of aliphatic hydroxyl groups excluding tert-OH is 2. The van der Waals surface area contributed by atoms with Gasteiger partial charge in [0.2, 0.25) is 5.79 Å². The molecule has 3 heterocycles. The third-order valence-corrected chi connectivity index (χ3v) is 12.6. The van der Waals surface area contributed by atoms with Crippen LogP contribution in [0.15, 0.2) is 23.3 Å². The second-order valence-corrected chi connectivity index (χ2v) is 16.8. The minimum atomic E-state index is -2.40. The molecule has 0 spiro atoms. The van der Waals surface area contributed by atoms with E-state index in [0.29, 0.717) is 69.8 Å². The molecule has 1 aliphatic carbocycles. The Morgan fingerprint density at radius 3 is 2.31 bits per heavy atom. The lowest BCUT2D eigenvalue weighted by Gasteiger charge is -2.44. The number of cyclic esters (lactones) is 1. The molecule has 13 atom stereocenters. The van der Waals surface area contributed by atoms with Gasteiger partial charge in [-0.05, 0) is 102 Å². The summed E-state index contributed by atoms with van der Waals surface area (Å²) in [5.74, 6) is -7.01. The van der Waals surface area contributed by atoms with E-state index in [1.165, 1.54) is 4.90 Å². The molecule has 12 heteroatoms. The molecule has 3 N–H and O–H groups in total. The van der Waals surface area contributed by atoms with Crippen molar-refractivity contribution < 1.29 is 53.4 Å². The maximum Gasteiger partial charge on any atom is 0.329 e. The number of rotatable bonds is 5. The summed E-state index contributed by atoms with van der Waals surface area (Å²) in [4.78, 5) is 57.3. The van der Waals surface area contributed by atoms with Crippen LogP contribution < -0.4 is 0 Å². The molecule has 1 amide bonds. The average molecular weight is 762 g/mol. The van der Waals surface area contributed by atoms with Gasteiger partial charge in [-0.15, -0.1) is 0 Å². The number of Topliss-reactive ketones (excluding diaryl/α,β-unsaturated/α-hetero) is 2. The third kappa shape index (κ3) is 10.5. The number of carbonyl (C=O) groups excluding carboxylic acids is 4. The van der Waals surface area contributed by atoms with Crippen molar-refractivity contribution >= 4 is 23.4 Å². The maximum absolute atomic E-state index is 14.2. The molecule has 3 aliphatic heterocycles. The summed E-state index contributed by atoms with van der Waals surface area (Å²) >= 11 is 0. The summed E-state index contributed by atoms with van der Waals surface area (Å²) in [6, 6.07) is -1.10. The van der Waals surface area contributed by atoms with Gasteiger partial charge in [-0.2, -0.15) is 0 Å². The number of fused-ring (bicyclic) bond motifs is 3. The lowest BCUT2D eigenvalue weighted by molar-refractivity contribution is -0.278. The van der Waals surface area contributed by atoms with Gasteiger partial charge in [-0.3, -0.25) is 14.4 Å². The first-order valence-corrected chi connectivity index (χ1v) is 20.3. The number of ketones is 2. The summed E-state index contributed by atoms with van der Waals surface area (Å²) in [7, 11) is 3.13. The number of amides is 1. The van der Waals surface area contributed by atoms with Crippen molar-refractivity contribution in [2.24, 2.45) is 29.6 Å². The molecule has 0 aromatic rings. The highest BCUT2D eigenvalue weighted by molar-refractivity contribution is 6.39. The molecule has 306 valence electrons. The van der Waals surface area contributed by atoms with Crippen LogP contribution in [0, 0.1) is 29.6 Å². The van der Waals surface area contributed by atoms with Crippen LogP contribution in [-0.4, -0.2) is 113 Å². The first kappa shape index (κ1) is 44.2. The van der Waals surface area contributed by atoms with Crippen molar-refractivity contribution in [2.75, 3.05) is 20.8 Å². The van der Waals surface area contributed by atoms with Crippen LogP contribution in [0.2, 0.25) is 0 Å². The minimum Gasteiger partial charge on any atom is -0.456 e. The van der Waals surface area contributed by atoms with E-state index in [2.05, 4.69) is 6.92 Å². The fourth-order valence-electron chi connectivity index (χ4n) is 9.12. The van der Waals surface area contributed by atoms with Crippen molar-refractivity contribution in [1.29, 1.82) is 0 Å². The SMILES string of the molecule is CC[C@@H]1/C=C(/C)C[C@H](C)C[C@H](OC)[C@@H]2CC[C@@H](C)[C@@](O)(O2)C(=O)C(=O)N2CCCC[C@H]2C(=O)O[C@H](/C(C)=C/[C@@H]2CC[C@@H](O)[C@H](OC)C2)[C@H](C)[C@@H](O)CC1=O. The number of allylic oxidation sites excluding steroid dienone is 3. The van der Waals surface area contributed by atoms with Crippen molar-refractivity contribution in [3.63, 3.8) is 0 Å². The zero-order valence-corrected chi connectivity index (χ0v) is 33.8. The number of esters is 1. The van der Waals surface area contributed by atoms with E-state index in [-0.39, 0.29) is 43.1 Å². The van der Waals surface area contributed by atoms with E-state index in [1.54, 1.807) is 28.1 Å². The lowest BCUT2D eigenvalue weighted by atomic mass is 9.81. The molecule has 0 radical (unpaired) electrons. The van der Waals surface area contributed by atoms with Gasteiger partial charge in [0, 0.05) is 44.9 Å². The third-order valence-electron chi connectivity index (χ3n) is 12.6. The average Bonchev–Trinajstić information content (AvgIpc) is 3.15. The fraction of sp³-hybridized carbons (Fsp3) is 0.810. The van der Waals surface area contributed by atoms with Crippen LogP contribution in [0.3, 0.4) is 0 Å². The summed E-state index contributed by atoms with van der Waals surface area (Å²) in [5, 5.41) is 33.9. The number of piperidine rings is 1. The summed E-state index contributed by atoms with van der Waals surface area (Å²) in [6.45, 7) is 11.4. The van der Waals surface area contributed by atoms with Gasteiger partial charge in [0.1, 0.15) is 17.9 Å². The summed E-state index contributed by atoms with van der Waals surface area (Å²) in [5.41, 5.74) is 1.70. The van der Waals surface area contributed by atoms with Crippen molar-refractivity contribution in [1.82, 2.24) is 4.90 Å². The van der Waals surface area contributed by atoms with Crippen LogP contribution in [0.1, 0.15) is 119 Å². The first-order chi connectivity index (χ1) is 25.5. The number of ether oxygens (including phenoxy) is 4. The van der Waals surface area contributed by atoms with Crippen LogP contribution in [-0.2, 0) is 38.1 Å². The summed E-state index contributed by atoms with van der Waals surface area (Å²) in [6.07, 6.45) is 5.70. The van der Waals surface area contributed by atoms with Crippen LogP contribution >= 0.6 is 0 Å². The maximum atomic E-state index is 14.2. The highest BCUT2D eigenvalue weighted by Gasteiger charge is 2.54. The second-order valence-electron chi connectivity index (χ2n) is 16.8. The van der Waals surface area contributed by atoms with Crippen LogP contribution in [0.25, 0.3) is 0 Å². The lowest BCUT2D eigenvalue weighted by Crippen LogP contribution is -2.61. The number of aliphatic hydroxyl groups is 3. The number of hydrogen-bond acceptors (Lipinski definition) is 11. The summed E-state index contributed by atoms with van der Waals surface area (Å²) < 4.78 is 23.8. The molecular weight excluding hydrogens is 694 g/mol. The Bertz CT molecular complexity index is 1380.